The Bertz CT molecular complexity index is 908. The van der Waals surface area contributed by atoms with Gasteiger partial charge in [0.15, 0.2) is 12.3 Å². The molecule has 0 spiro atoms. The van der Waals surface area contributed by atoms with Gasteiger partial charge in [-0.25, -0.2) is 4.79 Å². The van der Waals surface area contributed by atoms with Crippen molar-refractivity contribution in [3.8, 4) is 11.4 Å². The van der Waals surface area contributed by atoms with Gasteiger partial charge in [-0.15, -0.1) is 5.10 Å². The van der Waals surface area contributed by atoms with Gasteiger partial charge >= 0.3 is 5.97 Å². The van der Waals surface area contributed by atoms with Gasteiger partial charge in [0.2, 0.25) is 0 Å². The average molecular weight is 352 g/mol. The van der Waals surface area contributed by atoms with Crippen LogP contribution in [0.15, 0.2) is 60.8 Å². The highest BCUT2D eigenvalue weighted by Gasteiger charge is 2.12. The largest absolute Gasteiger partial charge is 0.482 e. The predicted octanol–water partition coefficient (Wildman–Crippen LogP) is 2.07. The van der Waals surface area contributed by atoms with Crippen LogP contribution in [0.25, 0.3) is 5.69 Å². The molecule has 0 aliphatic heterocycles. The Balaban J connectivity index is 1.67. The molecule has 0 fully saturated rings. The standard InChI is InChI=1S/C18H16N4O4/c1-25-17(23)12-26-15-9-5-6-13(10-15)20-18(24)16-11-19-22(21-16)14-7-3-2-4-8-14/h2-11H,12H2,1H3,(H,20,24). The molecule has 1 heterocycles. The van der Waals surface area contributed by atoms with Gasteiger partial charge in [0.05, 0.1) is 19.0 Å². The van der Waals surface area contributed by atoms with Crippen LogP contribution in [0.3, 0.4) is 0 Å². The number of benzene rings is 2. The van der Waals surface area contributed by atoms with E-state index in [0.717, 1.165) is 5.69 Å². The molecule has 1 N–H and O–H groups in total. The summed E-state index contributed by atoms with van der Waals surface area (Å²) in [5, 5.41) is 11.0. The summed E-state index contributed by atoms with van der Waals surface area (Å²) < 4.78 is 9.80. The Kier molecular flexibility index (Phi) is 5.23. The summed E-state index contributed by atoms with van der Waals surface area (Å²) in [6.07, 6.45) is 1.39. The van der Waals surface area contributed by atoms with Crippen molar-refractivity contribution in [1.82, 2.24) is 15.0 Å². The summed E-state index contributed by atoms with van der Waals surface area (Å²) in [5.74, 6) is -0.463. The molecule has 1 amide bonds. The number of nitrogens with one attached hydrogen (secondary N) is 1. The van der Waals surface area contributed by atoms with Crippen molar-refractivity contribution < 1.29 is 19.1 Å². The molecule has 132 valence electrons. The number of ether oxygens (including phenoxy) is 2. The molecule has 8 nitrogen and oxygen atoms in total. The van der Waals surface area contributed by atoms with E-state index in [-0.39, 0.29) is 12.3 Å². The maximum absolute atomic E-state index is 12.3. The second kappa shape index (κ2) is 7.93. The van der Waals surface area contributed by atoms with Crippen molar-refractivity contribution in [2.24, 2.45) is 0 Å². The van der Waals surface area contributed by atoms with Gasteiger partial charge < -0.3 is 14.8 Å². The van der Waals surface area contributed by atoms with E-state index < -0.39 is 11.9 Å². The Morgan fingerprint density at radius 3 is 2.69 bits per heavy atom. The first-order valence-corrected chi connectivity index (χ1v) is 7.74. The molecule has 3 aromatic rings. The van der Waals surface area contributed by atoms with Gasteiger partial charge in [-0.05, 0) is 24.3 Å². The number of aromatic nitrogens is 3. The number of hydrogen-bond donors (Lipinski definition) is 1. The van der Waals surface area contributed by atoms with E-state index in [1.807, 2.05) is 30.3 Å². The molecule has 0 aliphatic rings. The molecule has 0 radical (unpaired) electrons. The van der Waals surface area contributed by atoms with Crippen molar-refractivity contribution in [2.75, 3.05) is 19.0 Å². The highest BCUT2D eigenvalue weighted by Crippen LogP contribution is 2.18. The molecular formula is C18H16N4O4. The minimum atomic E-state index is -0.489. The van der Waals surface area contributed by atoms with Gasteiger partial charge in [0, 0.05) is 11.8 Å². The summed E-state index contributed by atoms with van der Waals surface area (Å²) in [7, 11) is 1.28. The maximum atomic E-state index is 12.3. The van der Waals surface area contributed by atoms with Crippen LogP contribution < -0.4 is 10.1 Å². The number of esters is 1. The van der Waals surface area contributed by atoms with Gasteiger partial charge in [-0.2, -0.15) is 9.90 Å². The highest BCUT2D eigenvalue weighted by molar-refractivity contribution is 6.02. The van der Waals surface area contributed by atoms with Crippen molar-refractivity contribution >= 4 is 17.6 Å². The smallest absolute Gasteiger partial charge is 0.343 e. The maximum Gasteiger partial charge on any atom is 0.343 e. The summed E-state index contributed by atoms with van der Waals surface area (Å²) in [6, 6.07) is 15.9. The zero-order chi connectivity index (χ0) is 18.4. The predicted molar refractivity (Wildman–Crippen MR) is 93.3 cm³/mol. The molecule has 2 aromatic carbocycles. The normalized spacial score (nSPS) is 10.2. The molecule has 8 heteroatoms. The van der Waals surface area contributed by atoms with Crippen molar-refractivity contribution in [3.05, 3.63) is 66.5 Å². The van der Waals surface area contributed by atoms with Crippen molar-refractivity contribution in [2.45, 2.75) is 0 Å². The van der Waals surface area contributed by atoms with Gasteiger partial charge in [0.25, 0.3) is 5.91 Å². The van der Waals surface area contributed by atoms with E-state index in [1.165, 1.54) is 18.1 Å². The van der Waals surface area contributed by atoms with Crippen molar-refractivity contribution in [1.29, 1.82) is 0 Å². The van der Waals surface area contributed by atoms with Gasteiger partial charge in [0.1, 0.15) is 5.75 Å². The Hall–Kier alpha value is -3.68. The number of amides is 1. The molecule has 1 aromatic heterocycles. The average Bonchev–Trinajstić information content (AvgIpc) is 3.17. The number of carbonyl (C=O) groups is 2. The second-order valence-electron chi connectivity index (χ2n) is 5.20. The zero-order valence-corrected chi connectivity index (χ0v) is 14.0. The fourth-order valence-electron chi connectivity index (χ4n) is 2.11. The van der Waals surface area contributed by atoms with Crippen LogP contribution in [-0.2, 0) is 9.53 Å². The second-order valence-corrected chi connectivity index (χ2v) is 5.20. The van der Waals surface area contributed by atoms with Crippen LogP contribution in [0.1, 0.15) is 10.5 Å². The number of carbonyl (C=O) groups excluding carboxylic acids is 2. The molecule has 3 rings (SSSR count). The first kappa shape index (κ1) is 17.2. The third kappa shape index (κ3) is 4.23. The number of hydrogen-bond acceptors (Lipinski definition) is 6. The molecule has 26 heavy (non-hydrogen) atoms. The van der Waals surface area contributed by atoms with Crippen LogP contribution in [0.4, 0.5) is 5.69 Å². The zero-order valence-electron chi connectivity index (χ0n) is 14.0. The van der Waals surface area contributed by atoms with E-state index >= 15 is 0 Å². The number of anilines is 1. The van der Waals surface area contributed by atoms with Crippen LogP contribution in [0.5, 0.6) is 5.75 Å². The van der Waals surface area contributed by atoms with Gasteiger partial charge in [-0.3, -0.25) is 4.79 Å². The fourth-order valence-corrected chi connectivity index (χ4v) is 2.11. The Labute approximate surface area is 149 Å². The SMILES string of the molecule is COC(=O)COc1cccc(NC(=O)c2cnn(-c3ccccc3)n2)c1. The van der Waals surface area contributed by atoms with E-state index in [0.29, 0.717) is 11.4 Å². The van der Waals surface area contributed by atoms with E-state index in [1.54, 1.807) is 24.3 Å². The number of para-hydroxylation sites is 1. The van der Waals surface area contributed by atoms with E-state index in [9.17, 15) is 9.59 Å². The number of rotatable bonds is 6. The highest BCUT2D eigenvalue weighted by atomic mass is 16.6. The minimum Gasteiger partial charge on any atom is -0.482 e. The first-order valence-electron chi connectivity index (χ1n) is 7.74. The molecule has 0 saturated heterocycles. The Morgan fingerprint density at radius 1 is 1.12 bits per heavy atom. The van der Waals surface area contributed by atoms with Crippen LogP contribution in [0, 0.1) is 0 Å². The van der Waals surface area contributed by atoms with Crippen LogP contribution >= 0.6 is 0 Å². The topological polar surface area (TPSA) is 95.3 Å². The quantitative estimate of drug-likeness (QED) is 0.683. The molecule has 0 bridgehead atoms. The monoisotopic (exact) mass is 352 g/mol. The van der Waals surface area contributed by atoms with E-state index in [4.69, 9.17) is 4.74 Å². The van der Waals surface area contributed by atoms with Gasteiger partial charge in [-0.1, -0.05) is 24.3 Å². The van der Waals surface area contributed by atoms with E-state index in [2.05, 4.69) is 20.3 Å². The third-order valence-corrected chi connectivity index (χ3v) is 3.39. The molecule has 0 saturated carbocycles. The lowest BCUT2D eigenvalue weighted by molar-refractivity contribution is -0.142. The van der Waals surface area contributed by atoms with Crippen molar-refractivity contribution in [3.63, 3.8) is 0 Å². The third-order valence-electron chi connectivity index (χ3n) is 3.39. The molecular weight excluding hydrogens is 336 g/mol. The lowest BCUT2D eigenvalue weighted by atomic mass is 10.3. The summed E-state index contributed by atoms with van der Waals surface area (Å²) >= 11 is 0. The first-order chi connectivity index (χ1) is 12.7. The molecule has 0 atom stereocenters. The fraction of sp³-hybridized carbons (Fsp3) is 0.111. The lowest BCUT2D eigenvalue weighted by Crippen LogP contribution is -2.14. The van der Waals surface area contributed by atoms with Crippen LogP contribution in [0.2, 0.25) is 0 Å². The minimum absolute atomic E-state index is 0.176. The number of nitrogens with zero attached hydrogens (tertiary/aromatic N) is 3. The Morgan fingerprint density at radius 2 is 1.92 bits per heavy atom. The number of methoxy groups -OCH3 is 1. The molecule has 0 unspecified atom stereocenters. The summed E-state index contributed by atoms with van der Waals surface area (Å²) in [5.41, 5.74) is 1.44. The summed E-state index contributed by atoms with van der Waals surface area (Å²) in [6.45, 7) is -0.209. The lowest BCUT2D eigenvalue weighted by Gasteiger charge is -2.07. The van der Waals surface area contributed by atoms with Crippen LogP contribution in [-0.4, -0.2) is 40.6 Å². The summed E-state index contributed by atoms with van der Waals surface area (Å²) in [4.78, 5) is 24.8. The molecule has 0 aliphatic carbocycles.